The highest BCUT2D eigenvalue weighted by molar-refractivity contribution is 5.06. The van der Waals surface area contributed by atoms with Crippen LogP contribution in [-0.2, 0) is 0 Å². The van der Waals surface area contributed by atoms with Crippen LogP contribution in [0.3, 0.4) is 0 Å². The van der Waals surface area contributed by atoms with Gasteiger partial charge in [-0.15, -0.1) is 0 Å². The molecule has 2 fully saturated rings. The first-order chi connectivity index (χ1) is 8.72. The van der Waals surface area contributed by atoms with E-state index in [1.807, 2.05) is 0 Å². The molecule has 0 aliphatic heterocycles. The SMILES string of the molecule is O[C@@H]1CCCCCCCCCCCC[C@@]2(O)C[C@@H]12. The minimum absolute atomic E-state index is 0.183. The van der Waals surface area contributed by atoms with Crippen molar-refractivity contribution in [2.24, 2.45) is 5.92 Å². The van der Waals surface area contributed by atoms with Gasteiger partial charge in [-0.3, -0.25) is 0 Å². The normalized spacial score (nSPS) is 40.3. The molecule has 2 saturated carbocycles. The van der Waals surface area contributed by atoms with Crippen LogP contribution < -0.4 is 0 Å². The van der Waals surface area contributed by atoms with Crippen molar-refractivity contribution in [1.29, 1.82) is 0 Å². The van der Waals surface area contributed by atoms with E-state index in [0.29, 0.717) is 0 Å². The minimum Gasteiger partial charge on any atom is -0.393 e. The fourth-order valence-corrected chi connectivity index (χ4v) is 3.50. The van der Waals surface area contributed by atoms with Gasteiger partial charge in [-0.1, -0.05) is 64.2 Å². The zero-order chi connectivity index (χ0) is 12.8. The lowest BCUT2D eigenvalue weighted by atomic mass is 10.0. The Morgan fingerprint density at radius 3 is 1.83 bits per heavy atom. The second kappa shape index (κ2) is 6.91. The Hall–Kier alpha value is -0.0800. The molecule has 2 rings (SSSR count). The van der Waals surface area contributed by atoms with E-state index in [2.05, 4.69) is 0 Å². The van der Waals surface area contributed by atoms with E-state index in [0.717, 1.165) is 32.1 Å². The highest BCUT2D eigenvalue weighted by Gasteiger charge is 2.55. The fraction of sp³-hybridized carbons (Fsp3) is 1.00. The van der Waals surface area contributed by atoms with Crippen LogP contribution in [0.5, 0.6) is 0 Å². The maximum absolute atomic E-state index is 10.3. The smallest absolute Gasteiger partial charge is 0.0706 e. The summed E-state index contributed by atoms with van der Waals surface area (Å²) in [7, 11) is 0. The first-order valence-corrected chi connectivity index (χ1v) is 8.13. The lowest BCUT2D eigenvalue weighted by Crippen LogP contribution is -2.20. The summed E-state index contributed by atoms with van der Waals surface area (Å²) in [5.74, 6) is 0.183. The van der Waals surface area contributed by atoms with E-state index in [1.54, 1.807) is 0 Å². The van der Waals surface area contributed by atoms with Crippen molar-refractivity contribution >= 4 is 0 Å². The predicted octanol–water partition coefficient (Wildman–Crippen LogP) is 3.79. The maximum Gasteiger partial charge on any atom is 0.0706 e. The van der Waals surface area contributed by atoms with Gasteiger partial charge in [0.1, 0.15) is 0 Å². The lowest BCUT2D eigenvalue weighted by Gasteiger charge is -2.14. The van der Waals surface area contributed by atoms with Crippen molar-refractivity contribution in [1.82, 2.24) is 0 Å². The van der Waals surface area contributed by atoms with Crippen LogP contribution in [0, 0.1) is 5.92 Å². The predicted molar refractivity (Wildman–Crippen MR) is 74.5 cm³/mol. The average Bonchev–Trinajstić information content (AvgIpc) is 3.02. The Labute approximate surface area is 112 Å². The molecule has 2 nitrogen and oxygen atoms in total. The highest BCUT2D eigenvalue weighted by atomic mass is 16.3. The van der Waals surface area contributed by atoms with Crippen molar-refractivity contribution in [3.8, 4) is 0 Å². The number of rotatable bonds is 0. The van der Waals surface area contributed by atoms with Crippen molar-refractivity contribution in [2.45, 2.75) is 95.2 Å². The zero-order valence-electron chi connectivity index (χ0n) is 11.7. The van der Waals surface area contributed by atoms with Crippen molar-refractivity contribution in [3.63, 3.8) is 0 Å². The largest absolute Gasteiger partial charge is 0.393 e. The molecule has 0 spiro atoms. The molecule has 3 atom stereocenters. The molecule has 0 saturated heterocycles. The van der Waals surface area contributed by atoms with Crippen LogP contribution in [0.2, 0.25) is 0 Å². The number of hydrogen-bond donors (Lipinski definition) is 2. The van der Waals surface area contributed by atoms with Crippen LogP contribution >= 0.6 is 0 Å². The summed E-state index contributed by atoms with van der Waals surface area (Å²) in [5.41, 5.74) is -0.500. The van der Waals surface area contributed by atoms with Gasteiger partial charge in [-0.05, 0) is 19.3 Å². The summed E-state index contributed by atoms with van der Waals surface area (Å²) in [4.78, 5) is 0. The zero-order valence-corrected chi connectivity index (χ0v) is 11.7. The number of aliphatic hydroxyl groups excluding tert-OH is 1. The second-order valence-corrected chi connectivity index (χ2v) is 6.56. The number of hydrogen-bond acceptors (Lipinski definition) is 2. The summed E-state index contributed by atoms with van der Waals surface area (Å²) in [6, 6.07) is 0. The fourth-order valence-electron chi connectivity index (χ4n) is 3.50. The standard InChI is InChI=1S/C16H30O2/c17-15-11-9-7-5-3-1-2-4-6-8-10-12-16(18)13-14(15)16/h14-15,17-18H,1-13H2/t14-,15+,16+/m0/s1. The number of aliphatic hydroxyl groups is 2. The van der Waals surface area contributed by atoms with Crippen LogP contribution in [0.4, 0.5) is 0 Å². The topological polar surface area (TPSA) is 40.5 Å². The average molecular weight is 254 g/mol. The van der Waals surface area contributed by atoms with E-state index < -0.39 is 5.60 Å². The molecular formula is C16H30O2. The third-order valence-corrected chi connectivity index (χ3v) is 4.93. The van der Waals surface area contributed by atoms with Crippen LogP contribution in [0.15, 0.2) is 0 Å². The molecule has 0 bridgehead atoms. The molecule has 0 aromatic carbocycles. The van der Waals surface area contributed by atoms with E-state index in [4.69, 9.17) is 0 Å². The summed E-state index contributed by atoms with van der Waals surface area (Å²) < 4.78 is 0. The third-order valence-electron chi connectivity index (χ3n) is 4.93. The van der Waals surface area contributed by atoms with Gasteiger partial charge in [0.15, 0.2) is 0 Å². The van der Waals surface area contributed by atoms with Crippen LogP contribution in [0.25, 0.3) is 0 Å². The molecular weight excluding hydrogens is 224 g/mol. The maximum atomic E-state index is 10.3. The Balaban J connectivity index is 1.75. The summed E-state index contributed by atoms with van der Waals surface area (Å²) in [6.07, 6.45) is 15.3. The van der Waals surface area contributed by atoms with E-state index in [9.17, 15) is 10.2 Å². The van der Waals surface area contributed by atoms with Crippen molar-refractivity contribution < 1.29 is 10.2 Å². The Bertz CT molecular complexity index is 241. The minimum atomic E-state index is -0.500. The molecule has 2 aliphatic rings. The van der Waals surface area contributed by atoms with Crippen molar-refractivity contribution in [3.05, 3.63) is 0 Å². The molecule has 2 aliphatic carbocycles. The highest BCUT2D eigenvalue weighted by Crippen LogP contribution is 2.50. The van der Waals surface area contributed by atoms with Gasteiger partial charge in [0, 0.05) is 5.92 Å². The van der Waals surface area contributed by atoms with Gasteiger partial charge in [-0.25, -0.2) is 0 Å². The summed E-state index contributed by atoms with van der Waals surface area (Å²) >= 11 is 0. The summed E-state index contributed by atoms with van der Waals surface area (Å²) in [5, 5.41) is 20.4. The van der Waals surface area contributed by atoms with Crippen LogP contribution in [0.1, 0.15) is 83.5 Å². The molecule has 18 heavy (non-hydrogen) atoms. The van der Waals surface area contributed by atoms with Gasteiger partial charge < -0.3 is 10.2 Å². The molecule has 0 aromatic rings. The molecule has 0 amide bonds. The first-order valence-electron chi connectivity index (χ1n) is 8.13. The van der Waals surface area contributed by atoms with E-state index >= 15 is 0 Å². The second-order valence-electron chi connectivity index (χ2n) is 6.56. The van der Waals surface area contributed by atoms with Gasteiger partial charge in [0.25, 0.3) is 0 Å². The van der Waals surface area contributed by atoms with E-state index in [1.165, 1.54) is 51.4 Å². The van der Waals surface area contributed by atoms with Crippen molar-refractivity contribution in [2.75, 3.05) is 0 Å². The summed E-state index contributed by atoms with van der Waals surface area (Å²) in [6.45, 7) is 0. The Morgan fingerprint density at radius 2 is 1.22 bits per heavy atom. The number of fused-ring (bicyclic) bond motifs is 1. The monoisotopic (exact) mass is 254 g/mol. The first kappa shape index (κ1) is 14.3. The third kappa shape index (κ3) is 4.24. The van der Waals surface area contributed by atoms with E-state index in [-0.39, 0.29) is 12.0 Å². The molecule has 106 valence electrons. The Kier molecular flexibility index (Phi) is 5.50. The van der Waals surface area contributed by atoms with Gasteiger partial charge in [-0.2, -0.15) is 0 Å². The molecule has 2 N–H and O–H groups in total. The molecule has 2 heteroatoms. The van der Waals surface area contributed by atoms with Gasteiger partial charge >= 0.3 is 0 Å². The molecule has 0 unspecified atom stereocenters. The molecule has 0 heterocycles. The molecule has 0 radical (unpaired) electrons. The van der Waals surface area contributed by atoms with Gasteiger partial charge in [0.05, 0.1) is 11.7 Å². The molecule has 0 aromatic heterocycles. The van der Waals surface area contributed by atoms with Gasteiger partial charge in [0.2, 0.25) is 0 Å². The quantitative estimate of drug-likeness (QED) is 0.690. The van der Waals surface area contributed by atoms with Crippen LogP contribution in [-0.4, -0.2) is 21.9 Å². The Morgan fingerprint density at radius 1 is 0.722 bits per heavy atom. The lowest BCUT2D eigenvalue weighted by molar-refractivity contribution is 0.0586.